The summed E-state index contributed by atoms with van der Waals surface area (Å²) in [6, 6.07) is 7.69. The number of nitrogens with two attached hydrogens (primary N) is 1. The van der Waals surface area contributed by atoms with E-state index in [4.69, 9.17) is 10.5 Å². The molecule has 0 bridgehead atoms. The van der Waals surface area contributed by atoms with Crippen molar-refractivity contribution >= 4 is 0 Å². The van der Waals surface area contributed by atoms with Crippen LogP contribution in [0.15, 0.2) is 24.3 Å². The molecule has 1 atom stereocenters. The Labute approximate surface area is 121 Å². The second kappa shape index (κ2) is 6.57. The van der Waals surface area contributed by atoms with Crippen molar-refractivity contribution in [3.8, 4) is 5.75 Å². The van der Waals surface area contributed by atoms with Crippen molar-refractivity contribution in [1.29, 1.82) is 0 Å². The Morgan fingerprint density at radius 2 is 2.05 bits per heavy atom. The van der Waals surface area contributed by atoms with Gasteiger partial charge in [-0.3, -0.25) is 4.90 Å². The fraction of sp³-hybridized carbons (Fsp3) is 0.625. The van der Waals surface area contributed by atoms with Crippen LogP contribution in [0.3, 0.4) is 0 Å². The maximum Gasteiger partial charge on any atom is 0.119 e. The van der Waals surface area contributed by atoms with Crippen LogP contribution in [0.5, 0.6) is 5.75 Å². The lowest BCUT2D eigenvalue weighted by Crippen LogP contribution is -2.44. The smallest absolute Gasteiger partial charge is 0.119 e. The van der Waals surface area contributed by atoms with E-state index in [-0.39, 0.29) is 5.54 Å². The highest BCUT2D eigenvalue weighted by Crippen LogP contribution is 2.28. The molecule has 0 radical (unpaired) electrons. The molecule has 1 saturated heterocycles. The molecular weight excluding hydrogens is 252 g/mol. The van der Waals surface area contributed by atoms with Crippen molar-refractivity contribution in [1.82, 2.24) is 4.90 Å². The predicted molar refractivity (Wildman–Crippen MR) is 80.7 cm³/mol. The van der Waals surface area contributed by atoms with Crippen molar-refractivity contribution in [3.05, 3.63) is 29.8 Å². The third-order valence-electron chi connectivity index (χ3n) is 4.11. The van der Waals surface area contributed by atoms with Gasteiger partial charge in [-0.25, -0.2) is 0 Å². The number of hydrogen-bond donors (Lipinski definition) is 2. The molecule has 0 aromatic heterocycles. The van der Waals surface area contributed by atoms with Crippen molar-refractivity contribution in [2.45, 2.75) is 44.9 Å². The largest absolute Gasteiger partial charge is 0.491 e. The topological polar surface area (TPSA) is 58.7 Å². The summed E-state index contributed by atoms with van der Waals surface area (Å²) in [5.41, 5.74) is 6.83. The molecule has 112 valence electrons. The molecule has 1 heterocycles. The summed E-state index contributed by atoms with van der Waals surface area (Å²) < 4.78 is 5.63. The normalized spacial score (nSPS) is 20.0. The summed E-state index contributed by atoms with van der Waals surface area (Å²) in [5, 5.41) is 10.1. The van der Waals surface area contributed by atoms with Crippen LogP contribution in [0.4, 0.5) is 0 Å². The van der Waals surface area contributed by atoms with E-state index < -0.39 is 6.10 Å². The van der Waals surface area contributed by atoms with Crippen LogP contribution in [0, 0.1) is 0 Å². The minimum Gasteiger partial charge on any atom is -0.491 e. The minimum absolute atomic E-state index is 0.198. The number of β-amino-alcohol motifs (C(OH)–C–C–N with tert-alkyl or cyclic N) is 1. The summed E-state index contributed by atoms with van der Waals surface area (Å²) in [4.78, 5) is 2.35. The molecule has 1 aromatic rings. The predicted octanol–water partition coefficient (Wildman–Crippen LogP) is 1.76. The van der Waals surface area contributed by atoms with E-state index in [1.165, 1.54) is 12.8 Å². The van der Waals surface area contributed by atoms with Gasteiger partial charge in [0.1, 0.15) is 18.5 Å². The van der Waals surface area contributed by atoms with E-state index in [1.807, 2.05) is 24.3 Å². The van der Waals surface area contributed by atoms with E-state index in [0.29, 0.717) is 19.7 Å². The zero-order valence-corrected chi connectivity index (χ0v) is 12.5. The Morgan fingerprint density at radius 1 is 1.35 bits per heavy atom. The number of aliphatic hydroxyl groups is 1. The highest BCUT2D eigenvalue weighted by atomic mass is 16.5. The Bertz CT molecular complexity index is 417. The quantitative estimate of drug-likeness (QED) is 0.832. The maximum absolute atomic E-state index is 10.1. The molecule has 1 unspecified atom stereocenters. The summed E-state index contributed by atoms with van der Waals surface area (Å²) in [7, 11) is 0. The second-order valence-corrected chi connectivity index (χ2v) is 6.17. The average Bonchev–Trinajstić information content (AvgIpc) is 2.76. The number of benzene rings is 1. The zero-order chi connectivity index (χ0) is 14.6. The lowest BCUT2D eigenvalue weighted by Gasteiger charge is -2.33. The van der Waals surface area contributed by atoms with Crippen molar-refractivity contribution in [3.63, 3.8) is 0 Å². The van der Waals surface area contributed by atoms with Gasteiger partial charge in [0.15, 0.2) is 0 Å². The third kappa shape index (κ3) is 3.95. The van der Waals surface area contributed by atoms with Gasteiger partial charge in [0.25, 0.3) is 0 Å². The second-order valence-electron chi connectivity index (χ2n) is 6.17. The molecular formula is C16H26N2O2. The summed E-state index contributed by atoms with van der Waals surface area (Å²) >= 11 is 0. The van der Waals surface area contributed by atoms with Crippen LogP contribution in [0.25, 0.3) is 0 Å². The van der Waals surface area contributed by atoms with Gasteiger partial charge in [-0.15, -0.1) is 0 Å². The van der Waals surface area contributed by atoms with Gasteiger partial charge in [0.2, 0.25) is 0 Å². The van der Waals surface area contributed by atoms with E-state index in [1.54, 1.807) is 0 Å². The van der Waals surface area contributed by atoms with Crippen molar-refractivity contribution < 1.29 is 9.84 Å². The summed E-state index contributed by atoms with van der Waals surface area (Å²) in [6.45, 7) is 7.07. The maximum atomic E-state index is 10.1. The van der Waals surface area contributed by atoms with Crippen LogP contribution < -0.4 is 10.5 Å². The number of nitrogens with zero attached hydrogens (tertiary/aromatic N) is 1. The number of aliphatic hydroxyl groups excluding tert-OH is 1. The summed E-state index contributed by atoms with van der Waals surface area (Å²) in [5.74, 6) is 0.780. The van der Waals surface area contributed by atoms with Crippen LogP contribution in [-0.4, -0.2) is 41.3 Å². The molecule has 1 aliphatic rings. The van der Waals surface area contributed by atoms with Gasteiger partial charge < -0.3 is 15.6 Å². The number of hydrogen-bond acceptors (Lipinski definition) is 4. The van der Waals surface area contributed by atoms with Gasteiger partial charge in [-0.1, -0.05) is 12.1 Å². The van der Waals surface area contributed by atoms with E-state index >= 15 is 0 Å². The lowest BCUT2D eigenvalue weighted by atomic mass is 10.0. The van der Waals surface area contributed by atoms with Gasteiger partial charge in [-0.05, 0) is 50.9 Å². The molecule has 2 rings (SSSR count). The first-order chi connectivity index (χ1) is 9.51. The third-order valence-corrected chi connectivity index (χ3v) is 4.11. The highest BCUT2D eigenvalue weighted by Gasteiger charge is 2.32. The van der Waals surface area contributed by atoms with E-state index in [0.717, 1.165) is 17.9 Å². The Hall–Kier alpha value is -1.10. The first kappa shape index (κ1) is 15.3. The first-order valence-corrected chi connectivity index (χ1v) is 7.36. The van der Waals surface area contributed by atoms with Crippen LogP contribution >= 0.6 is 0 Å². The first-order valence-electron chi connectivity index (χ1n) is 7.36. The SMILES string of the molecule is CC1(C)CCCN1CC(O)COc1ccc(CN)cc1. The van der Waals surface area contributed by atoms with Crippen LogP contribution in [0.2, 0.25) is 0 Å². The molecule has 1 aromatic carbocycles. The average molecular weight is 278 g/mol. The van der Waals surface area contributed by atoms with E-state index in [9.17, 15) is 5.11 Å². The molecule has 0 aliphatic carbocycles. The standard InChI is InChI=1S/C16H26N2O2/c1-16(2)8-3-9-18(16)11-14(19)12-20-15-6-4-13(10-17)5-7-15/h4-7,14,19H,3,8-12,17H2,1-2H3. The molecule has 4 nitrogen and oxygen atoms in total. The fourth-order valence-electron chi connectivity index (χ4n) is 2.72. The molecule has 4 heteroatoms. The lowest BCUT2D eigenvalue weighted by molar-refractivity contribution is 0.0464. The fourth-order valence-corrected chi connectivity index (χ4v) is 2.72. The van der Waals surface area contributed by atoms with Gasteiger partial charge in [0, 0.05) is 18.6 Å². The Morgan fingerprint density at radius 3 is 2.60 bits per heavy atom. The number of rotatable bonds is 6. The monoisotopic (exact) mass is 278 g/mol. The molecule has 1 aliphatic heterocycles. The molecule has 20 heavy (non-hydrogen) atoms. The zero-order valence-electron chi connectivity index (χ0n) is 12.5. The molecule has 0 saturated carbocycles. The number of ether oxygens (including phenoxy) is 1. The minimum atomic E-state index is -0.457. The van der Waals surface area contributed by atoms with Gasteiger partial charge >= 0.3 is 0 Å². The molecule has 1 fully saturated rings. The van der Waals surface area contributed by atoms with Crippen LogP contribution in [0.1, 0.15) is 32.3 Å². The molecule has 0 amide bonds. The van der Waals surface area contributed by atoms with Crippen LogP contribution in [-0.2, 0) is 6.54 Å². The van der Waals surface area contributed by atoms with Crippen molar-refractivity contribution in [2.75, 3.05) is 19.7 Å². The summed E-state index contributed by atoms with van der Waals surface area (Å²) in [6.07, 6.45) is 1.95. The highest BCUT2D eigenvalue weighted by molar-refractivity contribution is 5.27. The Balaban J connectivity index is 1.78. The van der Waals surface area contributed by atoms with Gasteiger partial charge in [-0.2, -0.15) is 0 Å². The van der Waals surface area contributed by atoms with E-state index in [2.05, 4.69) is 18.7 Å². The van der Waals surface area contributed by atoms with Crippen molar-refractivity contribution in [2.24, 2.45) is 5.73 Å². The number of likely N-dealkylation sites (tertiary alicyclic amines) is 1. The molecule has 0 spiro atoms. The Kier molecular flexibility index (Phi) is 5.02. The molecule has 3 N–H and O–H groups in total. The van der Waals surface area contributed by atoms with Gasteiger partial charge in [0.05, 0.1) is 0 Å².